The molecule has 1 saturated heterocycles. The average Bonchev–Trinajstić information content (AvgIpc) is 3.00. The number of ketones is 1. The van der Waals surface area contributed by atoms with Crippen LogP contribution in [-0.4, -0.2) is 35.4 Å². The summed E-state index contributed by atoms with van der Waals surface area (Å²) < 4.78 is 5.21. The summed E-state index contributed by atoms with van der Waals surface area (Å²) in [5, 5.41) is 11.6. The van der Waals surface area contributed by atoms with Gasteiger partial charge in [0.05, 0.1) is 28.8 Å². The van der Waals surface area contributed by atoms with Crippen molar-refractivity contribution in [3.8, 4) is 5.75 Å². The van der Waals surface area contributed by atoms with Crippen LogP contribution in [0.4, 0.5) is 0 Å². The van der Waals surface area contributed by atoms with Gasteiger partial charge in [0.25, 0.3) is 11.7 Å². The lowest BCUT2D eigenvalue weighted by Gasteiger charge is -2.25. The van der Waals surface area contributed by atoms with Crippen LogP contribution in [-0.2, 0) is 9.59 Å². The molecule has 1 aliphatic heterocycles. The Hall–Kier alpha value is -2.50. The largest absolute Gasteiger partial charge is 0.507 e. The van der Waals surface area contributed by atoms with Crippen molar-refractivity contribution in [1.29, 1.82) is 0 Å². The summed E-state index contributed by atoms with van der Waals surface area (Å²) in [5.74, 6) is -0.943. The van der Waals surface area contributed by atoms with E-state index in [4.69, 9.17) is 27.9 Å². The zero-order valence-corrected chi connectivity index (χ0v) is 18.3. The molecule has 0 saturated carbocycles. The minimum Gasteiger partial charge on any atom is -0.507 e. The molecule has 0 aliphatic carbocycles. The van der Waals surface area contributed by atoms with Crippen molar-refractivity contribution < 1.29 is 19.4 Å². The first kappa shape index (κ1) is 22.2. The SMILES string of the molecule is CCCCCN1C(=O)C(=O)/C(=C(\O)c2ccc(Cl)c(Cl)c2)C1c1ccc(OC)cc1. The highest BCUT2D eigenvalue weighted by molar-refractivity contribution is 6.46. The van der Waals surface area contributed by atoms with Gasteiger partial charge in [0, 0.05) is 12.1 Å². The molecule has 2 aromatic rings. The monoisotopic (exact) mass is 447 g/mol. The molecule has 7 heteroatoms. The molecule has 3 rings (SSSR count). The van der Waals surface area contributed by atoms with Crippen molar-refractivity contribution in [2.75, 3.05) is 13.7 Å². The molecule has 5 nitrogen and oxygen atoms in total. The van der Waals surface area contributed by atoms with Crippen molar-refractivity contribution in [2.24, 2.45) is 0 Å². The topological polar surface area (TPSA) is 66.8 Å². The highest BCUT2D eigenvalue weighted by Gasteiger charge is 2.45. The average molecular weight is 448 g/mol. The normalized spacial score (nSPS) is 18.1. The van der Waals surface area contributed by atoms with E-state index in [2.05, 4.69) is 6.92 Å². The standard InChI is InChI=1S/C23H23Cl2NO4/c1-3-4-5-12-26-20(14-6-9-16(30-2)10-7-14)19(22(28)23(26)29)21(27)15-8-11-17(24)18(25)13-15/h6-11,13,20,27H,3-5,12H2,1-2H3/b21-19-. The van der Waals surface area contributed by atoms with Crippen molar-refractivity contribution in [2.45, 2.75) is 32.2 Å². The van der Waals surface area contributed by atoms with Gasteiger partial charge in [-0.05, 0) is 42.3 Å². The van der Waals surface area contributed by atoms with Crippen LogP contribution in [0.15, 0.2) is 48.0 Å². The number of halogens is 2. The van der Waals surface area contributed by atoms with Gasteiger partial charge < -0.3 is 14.7 Å². The minimum absolute atomic E-state index is 0.0417. The number of Topliss-reactive ketones (excluding diaryl/α,β-unsaturated/α-hetero) is 1. The predicted octanol–water partition coefficient (Wildman–Crippen LogP) is 5.61. The van der Waals surface area contributed by atoms with Gasteiger partial charge in [0.2, 0.25) is 0 Å². The maximum absolute atomic E-state index is 12.9. The van der Waals surface area contributed by atoms with Gasteiger partial charge in [0.15, 0.2) is 0 Å². The van der Waals surface area contributed by atoms with Crippen molar-refractivity contribution >= 4 is 40.7 Å². The number of rotatable bonds is 7. The third-order valence-corrected chi connectivity index (χ3v) is 5.91. The fraction of sp³-hybridized carbons (Fsp3) is 0.304. The molecule has 1 heterocycles. The molecule has 1 atom stereocenters. The molecular weight excluding hydrogens is 425 g/mol. The summed E-state index contributed by atoms with van der Waals surface area (Å²) >= 11 is 12.1. The molecule has 2 aromatic carbocycles. The molecule has 0 spiro atoms. The predicted molar refractivity (Wildman–Crippen MR) is 118 cm³/mol. The van der Waals surface area contributed by atoms with Crippen molar-refractivity contribution in [1.82, 2.24) is 4.90 Å². The number of hydrogen-bond donors (Lipinski definition) is 1. The van der Waals surface area contributed by atoms with Crippen LogP contribution in [0.5, 0.6) is 5.75 Å². The summed E-state index contributed by atoms with van der Waals surface area (Å²) in [7, 11) is 1.57. The second-order valence-electron chi connectivity index (χ2n) is 7.10. The van der Waals surface area contributed by atoms with E-state index < -0.39 is 17.7 Å². The number of benzene rings is 2. The zero-order valence-electron chi connectivity index (χ0n) is 16.8. The van der Waals surface area contributed by atoms with E-state index in [0.29, 0.717) is 28.4 Å². The van der Waals surface area contributed by atoms with Crippen LogP contribution in [0.25, 0.3) is 5.76 Å². The molecule has 158 valence electrons. The van der Waals surface area contributed by atoms with Gasteiger partial charge in [-0.2, -0.15) is 0 Å². The second kappa shape index (κ2) is 9.54. The Morgan fingerprint density at radius 2 is 1.77 bits per heavy atom. The lowest BCUT2D eigenvalue weighted by Crippen LogP contribution is -2.30. The molecule has 1 amide bonds. The lowest BCUT2D eigenvalue weighted by molar-refractivity contribution is -0.139. The Labute approximate surface area is 185 Å². The lowest BCUT2D eigenvalue weighted by atomic mass is 9.95. The van der Waals surface area contributed by atoms with E-state index in [1.165, 1.54) is 11.0 Å². The van der Waals surface area contributed by atoms with Crippen molar-refractivity contribution in [3.63, 3.8) is 0 Å². The fourth-order valence-electron chi connectivity index (χ4n) is 3.57. The van der Waals surface area contributed by atoms with E-state index in [-0.39, 0.29) is 16.4 Å². The van der Waals surface area contributed by atoms with E-state index in [1.54, 1.807) is 43.5 Å². The number of ether oxygens (including phenoxy) is 1. The van der Waals surface area contributed by atoms with Gasteiger partial charge in [-0.1, -0.05) is 55.1 Å². The Morgan fingerprint density at radius 1 is 1.07 bits per heavy atom. The number of likely N-dealkylation sites (tertiary alicyclic amines) is 1. The van der Waals surface area contributed by atoms with Gasteiger partial charge in [0.1, 0.15) is 11.5 Å². The molecule has 0 radical (unpaired) electrons. The Morgan fingerprint density at radius 3 is 2.37 bits per heavy atom. The molecular formula is C23H23Cl2NO4. The van der Waals surface area contributed by atoms with Gasteiger partial charge in [-0.3, -0.25) is 9.59 Å². The molecule has 1 aliphatic rings. The number of aliphatic hydroxyl groups is 1. The minimum atomic E-state index is -0.712. The number of hydrogen-bond acceptors (Lipinski definition) is 4. The number of carbonyl (C=O) groups is 2. The molecule has 1 fully saturated rings. The van der Waals surface area contributed by atoms with Gasteiger partial charge >= 0.3 is 0 Å². The maximum atomic E-state index is 12.9. The summed E-state index contributed by atoms with van der Waals surface area (Å²) in [4.78, 5) is 27.3. The van der Waals surface area contributed by atoms with E-state index in [0.717, 1.165) is 19.3 Å². The Kier molecular flexibility index (Phi) is 7.06. The number of carbonyl (C=O) groups excluding carboxylic acids is 2. The fourth-order valence-corrected chi connectivity index (χ4v) is 3.87. The number of amides is 1. The van der Waals surface area contributed by atoms with Crippen molar-refractivity contribution in [3.05, 3.63) is 69.2 Å². The Balaban J connectivity index is 2.12. The number of methoxy groups -OCH3 is 1. The van der Waals surface area contributed by atoms with E-state index in [1.807, 2.05) is 0 Å². The molecule has 1 N–H and O–H groups in total. The summed E-state index contributed by atoms with van der Waals surface area (Å²) in [6.45, 7) is 2.49. The Bertz CT molecular complexity index is 985. The van der Waals surface area contributed by atoms with Crippen LogP contribution in [0.1, 0.15) is 43.4 Å². The summed E-state index contributed by atoms with van der Waals surface area (Å²) in [6.07, 6.45) is 2.69. The number of unbranched alkanes of at least 4 members (excludes halogenated alkanes) is 2. The first-order valence-electron chi connectivity index (χ1n) is 9.76. The molecule has 30 heavy (non-hydrogen) atoms. The molecule has 1 unspecified atom stereocenters. The van der Waals surface area contributed by atoms with Crippen LogP contribution in [0, 0.1) is 0 Å². The van der Waals surface area contributed by atoms with Crippen LogP contribution in [0.3, 0.4) is 0 Å². The maximum Gasteiger partial charge on any atom is 0.295 e. The number of aliphatic hydroxyl groups excluding tert-OH is 1. The van der Waals surface area contributed by atoms with Crippen LogP contribution in [0.2, 0.25) is 10.0 Å². The zero-order chi connectivity index (χ0) is 21.8. The number of nitrogens with zero attached hydrogens (tertiary/aromatic N) is 1. The summed E-state index contributed by atoms with van der Waals surface area (Å²) in [6, 6.07) is 11.0. The van der Waals surface area contributed by atoms with Gasteiger partial charge in [-0.25, -0.2) is 0 Å². The second-order valence-corrected chi connectivity index (χ2v) is 7.92. The first-order chi connectivity index (χ1) is 14.4. The highest BCUT2D eigenvalue weighted by atomic mass is 35.5. The molecule has 0 aromatic heterocycles. The van der Waals surface area contributed by atoms with E-state index in [9.17, 15) is 14.7 Å². The van der Waals surface area contributed by atoms with Crippen LogP contribution >= 0.6 is 23.2 Å². The highest BCUT2D eigenvalue weighted by Crippen LogP contribution is 2.40. The quantitative estimate of drug-likeness (QED) is 0.259. The first-order valence-corrected chi connectivity index (χ1v) is 10.5. The third-order valence-electron chi connectivity index (χ3n) is 5.17. The smallest absolute Gasteiger partial charge is 0.295 e. The third kappa shape index (κ3) is 4.32. The summed E-state index contributed by atoms with van der Waals surface area (Å²) in [5.41, 5.74) is 1.09. The molecule has 0 bridgehead atoms. The van der Waals surface area contributed by atoms with Gasteiger partial charge in [-0.15, -0.1) is 0 Å². The van der Waals surface area contributed by atoms with Crippen LogP contribution < -0.4 is 4.74 Å². The van der Waals surface area contributed by atoms with E-state index >= 15 is 0 Å².